The van der Waals surface area contributed by atoms with Crippen molar-refractivity contribution in [1.82, 2.24) is 0 Å². The molecule has 0 aliphatic carbocycles. The highest BCUT2D eigenvalue weighted by Gasteiger charge is 2.12. The minimum Gasteiger partial charge on any atom is -0.478 e. The van der Waals surface area contributed by atoms with Gasteiger partial charge >= 0.3 is 5.97 Å². The van der Waals surface area contributed by atoms with E-state index in [1.807, 2.05) is 27.7 Å². The maximum absolute atomic E-state index is 10.2. The number of allylic oxidation sites excluding steroid dienone is 1. The Balaban J connectivity index is 4.35. The average Bonchev–Trinajstić information content (AvgIpc) is 1.60. The van der Waals surface area contributed by atoms with E-state index in [1.165, 1.54) is 6.08 Å². The quantitative estimate of drug-likeness (QED) is 0.569. The number of rotatable bonds is 1. The highest BCUT2D eigenvalue weighted by molar-refractivity contribution is 5.80. The topological polar surface area (TPSA) is 37.3 Å². The van der Waals surface area contributed by atoms with Gasteiger partial charge in [0.1, 0.15) is 0 Å². The lowest BCUT2D eigenvalue weighted by Crippen LogP contribution is -2.08. The largest absolute Gasteiger partial charge is 0.478 e. The third kappa shape index (κ3) is 3.28. The lowest BCUT2D eigenvalue weighted by Gasteiger charge is -2.18. The highest BCUT2D eigenvalue weighted by atomic mass is 16.4. The van der Waals surface area contributed by atoms with E-state index in [9.17, 15) is 4.79 Å². The molecule has 0 saturated heterocycles. The molecule has 0 amide bonds. The first kappa shape index (κ1) is 9.21. The molecule has 10 heavy (non-hydrogen) atoms. The summed E-state index contributed by atoms with van der Waals surface area (Å²) in [6, 6.07) is 0. The van der Waals surface area contributed by atoms with E-state index in [-0.39, 0.29) is 5.41 Å². The van der Waals surface area contributed by atoms with Gasteiger partial charge in [-0.3, -0.25) is 0 Å². The molecule has 0 aromatic carbocycles. The molecule has 2 nitrogen and oxygen atoms in total. The van der Waals surface area contributed by atoms with E-state index in [4.69, 9.17) is 5.11 Å². The monoisotopic (exact) mass is 142 g/mol. The summed E-state index contributed by atoms with van der Waals surface area (Å²) in [5.74, 6) is -0.868. The fourth-order valence-electron chi connectivity index (χ4n) is 0.402. The Morgan fingerprint density at radius 3 is 1.90 bits per heavy atom. The smallest absolute Gasteiger partial charge is 0.328 e. The second-order valence-electron chi connectivity index (χ2n) is 3.42. The lowest BCUT2D eigenvalue weighted by atomic mass is 9.87. The summed E-state index contributed by atoms with van der Waals surface area (Å²) in [5, 5.41) is 8.37. The number of carboxylic acids is 1. The van der Waals surface area contributed by atoms with E-state index in [1.54, 1.807) is 0 Å². The van der Waals surface area contributed by atoms with E-state index < -0.39 is 5.97 Å². The molecule has 0 saturated carbocycles. The summed E-state index contributed by atoms with van der Waals surface area (Å²) in [6.45, 7) is 7.79. The predicted octanol–water partition coefficient (Wildman–Crippen LogP) is 2.06. The molecule has 58 valence electrons. The number of carboxylic acid groups (broad SMARTS) is 1. The second-order valence-corrected chi connectivity index (χ2v) is 3.42. The highest BCUT2D eigenvalue weighted by Crippen LogP contribution is 2.23. The van der Waals surface area contributed by atoms with Crippen LogP contribution < -0.4 is 0 Å². The molecule has 0 aliphatic rings. The van der Waals surface area contributed by atoms with Crippen LogP contribution in [0.4, 0.5) is 0 Å². The fraction of sp³-hybridized carbons (Fsp3) is 0.625. The van der Waals surface area contributed by atoms with Gasteiger partial charge in [0.2, 0.25) is 0 Å². The number of carbonyl (C=O) groups is 1. The molecular weight excluding hydrogens is 128 g/mol. The van der Waals surface area contributed by atoms with Crippen molar-refractivity contribution in [1.29, 1.82) is 0 Å². The summed E-state index contributed by atoms with van der Waals surface area (Å²) < 4.78 is 0. The first-order chi connectivity index (χ1) is 4.34. The van der Waals surface area contributed by atoms with Crippen LogP contribution in [-0.4, -0.2) is 11.1 Å². The Hall–Kier alpha value is -0.790. The average molecular weight is 142 g/mol. The molecule has 0 unspecified atom stereocenters. The van der Waals surface area contributed by atoms with Crippen molar-refractivity contribution in [3.63, 3.8) is 0 Å². The molecule has 2 heteroatoms. The van der Waals surface area contributed by atoms with Gasteiger partial charge in [-0.25, -0.2) is 4.79 Å². The van der Waals surface area contributed by atoms with Crippen molar-refractivity contribution < 1.29 is 9.90 Å². The molecule has 0 aromatic heterocycles. The molecule has 0 fully saturated rings. The Morgan fingerprint density at radius 2 is 1.80 bits per heavy atom. The molecule has 0 heterocycles. The van der Waals surface area contributed by atoms with Crippen LogP contribution in [0, 0.1) is 5.41 Å². The molecule has 0 rings (SSSR count). The Morgan fingerprint density at radius 1 is 1.40 bits per heavy atom. The van der Waals surface area contributed by atoms with E-state index in [0.717, 1.165) is 5.57 Å². The first-order valence-electron chi connectivity index (χ1n) is 3.26. The predicted molar refractivity (Wildman–Crippen MR) is 40.8 cm³/mol. The van der Waals surface area contributed by atoms with Crippen LogP contribution in [0.15, 0.2) is 11.6 Å². The zero-order chi connectivity index (χ0) is 8.36. The van der Waals surface area contributed by atoms with E-state index in [0.29, 0.717) is 0 Å². The minimum atomic E-state index is -0.868. The van der Waals surface area contributed by atoms with Gasteiger partial charge in [0.25, 0.3) is 0 Å². The number of hydrogen-bond acceptors (Lipinski definition) is 1. The van der Waals surface area contributed by atoms with Gasteiger partial charge in [0.15, 0.2) is 0 Å². The summed E-state index contributed by atoms with van der Waals surface area (Å²) >= 11 is 0. The van der Waals surface area contributed by atoms with Gasteiger partial charge in [-0.05, 0) is 12.3 Å². The molecule has 1 N–H and O–H groups in total. The van der Waals surface area contributed by atoms with Crippen LogP contribution in [0.1, 0.15) is 27.7 Å². The molecule has 0 spiro atoms. The van der Waals surface area contributed by atoms with Crippen LogP contribution in [0.5, 0.6) is 0 Å². The summed E-state index contributed by atoms with van der Waals surface area (Å²) in [7, 11) is 0. The van der Waals surface area contributed by atoms with Gasteiger partial charge in [0, 0.05) is 6.08 Å². The van der Waals surface area contributed by atoms with Gasteiger partial charge in [0.05, 0.1) is 0 Å². The standard InChI is InChI=1S/C8H14O2/c1-6(5-7(9)10)8(2,3)4/h5H,1-4H3,(H,9,10)/b6-5-. The van der Waals surface area contributed by atoms with Crippen molar-refractivity contribution in [3.05, 3.63) is 11.6 Å². The van der Waals surface area contributed by atoms with Gasteiger partial charge < -0.3 is 5.11 Å². The van der Waals surface area contributed by atoms with Gasteiger partial charge in [-0.15, -0.1) is 0 Å². The SMILES string of the molecule is C/C(=C/C(=O)O)C(C)(C)C. The van der Waals surface area contributed by atoms with Gasteiger partial charge in [-0.1, -0.05) is 26.3 Å². The van der Waals surface area contributed by atoms with Crippen LogP contribution in [-0.2, 0) is 4.79 Å². The fourth-order valence-corrected chi connectivity index (χ4v) is 0.402. The first-order valence-corrected chi connectivity index (χ1v) is 3.26. The van der Waals surface area contributed by atoms with E-state index in [2.05, 4.69) is 0 Å². The Kier molecular flexibility index (Phi) is 2.64. The number of aliphatic carboxylic acids is 1. The molecular formula is C8H14O2. The maximum atomic E-state index is 10.2. The molecule has 0 aliphatic heterocycles. The van der Waals surface area contributed by atoms with Crippen LogP contribution in [0.3, 0.4) is 0 Å². The normalized spacial score (nSPS) is 13.4. The zero-order valence-corrected chi connectivity index (χ0v) is 6.93. The van der Waals surface area contributed by atoms with Crippen LogP contribution in [0.25, 0.3) is 0 Å². The second kappa shape index (κ2) is 2.86. The molecule has 0 radical (unpaired) electrons. The zero-order valence-electron chi connectivity index (χ0n) is 6.93. The summed E-state index contributed by atoms with van der Waals surface area (Å²) in [6.07, 6.45) is 1.25. The minimum absolute atomic E-state index is 0.0294. The van der Waals surface area contributed by atoms with Crippen molar-refractivity contribution in [3.8, 4) is 0 Å². The summed E-state index contributed by atoms with van der Waals surface area (Å²) in [4.78, 5) is 10.2. The van der Waals surface area contributed by atoms with Gasteiger partial charge in [-0.2, -0.15) is 0 Å². The number of hydrogen-bond donors (Lipinski definition) is 1. The van der Waals surface area contributed by atoms with Crippen molar-refractivity contribution in [2.24, 2.45) is 5.41 Å². The third-order valence-electron chi connectivity index (χ3n) is 1.52. The third-order valence-corrected chi connectivity index (χ3v) is 1.52. The maximum Gasteiger partial charge on any atom is 0.328 e. The molecule has 0 aromatic rings. The lowest BCUT2D eigenvalue weighted by molar-refractivity contribution is -0.131. The van der Waals surface area contributed by atoms with Crippen molar-refractivity contribution >= 4 is 5.97 Å². The van der Waals surface area contributed by atoms with Crippen molar-refractivity contribution in [2.45, 2.75) is 27.7 Å². The molecule has 0 bridgehead atoms. The Labute approximate surface area is 61.6 Å². The van der Waals surface area contributed by atoms with Crippen LogP contribution >= 0.6 is 0 Å². The molecule has 0 atom stereocenters. The summed E-state index contributed by atoms with van der Waals surface area (Å²) in [5.41, 5.74) is 0.860. The van der Waals surface area contributed by atoms with E-state index >= 15 is 0 Å². The van der Waals surface area contributed by atoms with Crippen LogP contribution in [0.2, 0.25) is 0 Å². The van der Waals surface area contributed by atoms with Crippen molar-refractivity contribution in [2.75, 3.05) is 0 Å². The Bertz CT molecular complexity index is 161.